The number of carbonyl (C=O) groups is 4. The van der Waals surface area contributed by atoms with Gasteiger partial charge < -0.3 is 23.5 Å². The molecule has 2 aliphatic rings. The molecule has 2 saturated heterocycles. The Labute approximate surface area is 441 Å². The molecule has 4 amide bonds. The Hall–Kier alpha value is -5.80. The normalized spacial score (nSPS) is 12.7. The zero-order chi connectivity index (χ0) is 52.5. The maximum Gasteiger partial charge on any atom is 0.254 e. The van der Waals surface area contributed by atoms with Crippen LogP contribution in [0.4, 0.5) is 0 Å². The number of halogens is 3. The third-order valence-electron chi connectivity index (χ3n) is 8.78. The number of aromatic nitrogens is 5. The summed E-state index contributed by atoms with van der Waals surface area (Å²) in [4.78, 5) is 76.5. The van der Waals surface area contributed by atoms with E-state index in [1.54, 1.807) is 55.2 Å². The lowest BCUT2D eigenvalue weighted by atomic mass is 10.2. The van der Waals surface area contributed by atoms with E-state index in [2.05, 4.69) is 70.3 Å². The highest BCUT2D eigenvalue weighted by atomic mass is 127. The minimum absolute atomic E-state index is 0.0959. The maximum absolute atomic E-state index is 11.4. The molecule has 0 aromatic carbocycles. The van der Waals surface area contributed by atoms with E-state index in [1.165, 1.54) is 0 Å². The van der Waals surface area contributed by atoms with Crippen molar-refractivity contribution in [1.82, 2.24) is 35.2 Å². The van der Waals surface area contributed by atoms with Crippen molar-refractivity contribution >= 4 is 69.4 Å². The summed E-state index contributed by atoms with van der Waals surface area (Å²) in [6.07, 6.45) is 13.1. The summed E-state index contributed by atoms with van der Waals surface area (Å²) in [5, 5.41) is 5.77. The second kappa shape index (κ2) is 35.3. The summed E-state index contributed by atoms with van der Waals surface area (Å²) in [6.45, 7) is 10.3. The fourth-order valence-electron chi connectivity index (χ4n) is 5.35. The molecule has 2 aliphatic heterocycles. The van der Waals surface area contributed by atoms with Crippen LogP contribution in [0.5, 0.6) is 0 Å². The van der Waals surface area contributed by atoms with Crippen molar-refractivity contribution in [3.8, 4) is 35.6 Å². The van der Waals surface area contributed by atoms with Gasteiger partial charge in [0.15, 0.2) is 5.76 Å². The maximum atomic E-state index is 11.4. The number of nitrogens with zero attached hydrogens (tertiary/aromatic N) is 7. The van der Waals surface area contributed by atoms with Gasteiger partial charge in [0.05, 0.1) is 12.8 Å². The first kappa shape index (κ1) is 60.5. The predicted molar refractivity (Wildman–Crippen MR) is 270 cm³/mol. The number of amides is 4. The molecule has 7 heterocycles. The van der Waals surface area contributed by atoms with E-state index < -0.39 is 12.6 Å². The number of nitrogens with two attached hydrogens (primary N) is 1. The monoisotopic (exact) mass is 1140 g/mol. The molecule has 5 aromatic rings. The highest BCUT2D eigenvalue weighted by molar-refractivity contribution is 14.1. The number of terminal acetylenes is 1. The van der Waals surface area contributed by atoms with Gasteiger partial charge in [0, 0.05) is 88.8 Å². The molecule has 384 valence electrons. The topological polar surface area (TPSA) is 243 Å². The summed E-state index contributed by atoms with van der Waals surface area (Å²) in [7, 11) is 0. The number of hydrogen-bond acceptors (Lipinski definition) is 18. The van der Waals surface area contributed by atoms with E-state index in [9.17, 15) is 19.2 Å². The number of carbonyl (C=O) groups excluding carboxylic acids is 4. The number of imide groups is 2. The predicted octanol–water partition coefficient (Wildman–Crippen LogP) is 7.30. The minimum Gasteiger partial charge on any atom is -0.355 e. The lowest BCUT2D eigenvalue weighted by molar-refractivity contribution is -0.192. The lowest BCUT2D eigenvalue weighted by Gasteiger charge is -2.12. The molecule has 72 heavy (non-hydrogen) atoms. The van der Waals surface area contributed by atoms with Gasteiger partial charge in [-0.2, -0.15) is 10.1 Å². The Kier molecular flexibility index (Phi) is 29.7. The standard InChI is InChI=1S/C17H20N2O5.C10H9IN2O3.C9H9N3O2.C7H12O2.C6H5Cl2N/c1-3-22-17(23-4-2)10-7-14-6-5-13(11-18-14)12-24-19-15(20)8-9-16(19)21;11-8-2-1-7(5-12-8)6-16-13-9(14)3-4-10(13)15;10-13-6-7-1-2-8(11-5-7)9-3-4-12-14-9;1-4-7(8-5-2)9-6-3;7-3-5-1-2-6(8)9-4-5/h5-6,11,17H,3-4,8-9,12H2,1-2H3;1-2,5H,3-4,6H2;1-5H,6,10H2;1,7H,5-6H2,2-3H3;1-2,4H,3H2. The molecular weight excluding hydrogens is 1090 g/mol. The largest absolute Gasteiger partial charge is 0.355 e. The molecule has 2 N–H and O–H groups in total. The quantitative estimate of drug-likeness (QED) is 0.0172. The van der Waals surface area contributed by atoms with Gasteiger partial charge in [0.1, 0.15) is 33.5 Å². The van der Waals surface area contributed by atoms with Gasteiger partial charge >= 0.3 is 0 Å². The van der Waals surface area contributed by atoms with Crippen molar-refractivity contribution in [3.05, 3.63) is 122 Å². The molecule has 5 aromatic heterocycles. The lowest BCUT2D eigenvalue weighted by Crippen LogP contribution is -2.29. The van der Waals surface area contributed by atoms with Crippen molar-refractivity contribution in [3.63, 3.8) is 0 Å². The van der Waals surface area contributed by atoms with Gasteiger partial charge in [-0.25, -0.2) is 20.8 Å². The summed E-state index contributed by atoms with van der Waals surface area (Å²) >= 11 is 13.1. The number of rotatable bonds is 18. The van der Waals surface area contributed by atoms with Gasteiger partial charge in [-0.1, -0.05) is 41.0 Å². The summed E-state index contributed by atoms with van der Waals surface area (Å²) in [5.41, 5.74) is 4.77. The van der Waals surface area contributed by atoms with Gasteiger partial charge in [0.2, 0.25) is 12.6 Å². The molecule has 0 atom stereocenters. The zero-order valence-electron chi connectivity index (χ0n) is 40.0. The van der Waals surface area contributed by atoms with Crippen molar-refractivity contribution in [1.29, 1.82) is 0 Å². The zero-order valence-corrected chi connectivity index (χ0v) is 43.7. The molecular formula is C49H55Cl2IN8O12. The second-order valence-electron chi connectivity index (χ2n) is 14.0. The highest BCUT2D eigenvalue weighted by Gasteiger charge is 2.31. The number of ether oxygens (including phenoxy) is 4. The Balaban J connectivity index is 0.000000250. The Morgan fingerprint density at radius 1 is 0.667 bits per heavy atom. The van der Waals surface area contributed by atoms with Crippen LogP contribution in [0.2, 0.25) is 5.15 Å². The Bertz CT molecular complexity index is 2430. The first-order chi connectivity index (χ1) is 34.9. The average molecular weight is 1150 g/mol. The van der Waals surface area contributed by atoms with Crippen molar-refractivity contribution in [2.24, 2.45) is 5.90 Å². The number of alkyl halides is 1. The molecule has 0 spiro atoms. The van der Waals surface area contributed by atoms with Crippen LogP contribution in [-0.4, -0.2) is 97.9 Å². The van der Waals surface area contributed by atoms with Crippen LogP contribution in [0.25, 0.3) is 11.5 Å². The average Bonchev–Trinajstić information content (AvgIpc) is 4.14. The van der Waals surface area contributed by atoms with Crippen LogP contribution in [-0.2, 0) is 78.3 Å². The van der Waals surface area contributed by atoms with Crippen LogP contribution in [0.15, 0.2) is 90.1 Å². The third kappa shape index (κ3) is 23.2. The van der Waals surface area contributed by atoms with Crippen LogP contribution in [0.1, 0.15) is 81.3 Å². The van der Waals surface area contributed by atoms with Crippen molar-refractivity contribution in [2.45, 2.75) is 91.7 Å². The van der Waals surface area contributed by atoms with Gasteiger partial charge in [-0.05, 0) is 115 Å². The van der Waals surface area contributed by atoms with Gasteiger partial charge in [-0.3, -0.25) is 38.7 Å². The van der Waals surface area contributed by atoms with Crippen LogP contribution < -0.4 is 5.90 Å². The summed E-state index contributed by atoms with van der Waals surface area (Å²) in [6, 6.07) is 16.2. The SMILES string of the molecule is C#CC(OCC)OCC.CCOC(C#Cc1ccc(CON2C(=O)CCC2=O)cn1)OCC.ClCc1ccc(Cl)nc1.NOCc1ccc(-c2ccno2)nc1.O=C1CCC(=O)N1OCc1ccc(I)nc1. The Morgan fingerprint density at radius 2 is 1.17 bits per heavy atom. The molecule has 0 aliphatic carbocycles. The molecule has 0 bridgehead atoms. The van der Waals surface area contributed by atoms with Gasteiger partial charge in [-0.15, -0.1) is 18.0 Å². The van der Waals surface area contributed by atoms with E-state index in [-0.39, 0.29) is 62.5 Å². The molecule has 0 unspecified atom stereocenters. The Morgan fingerprint density at radius 3 is 1.58 bits per heavy atom. The van der Waals surface area contributed by atoms with Crippen molar-refractivity contribution in [2.75, 3.05) is 26.4 Å². The van der Waals surface area contributed by atoms with E-state index in [0.29, 0.717) is 55.5 Å². The first-order valence-electron chi connectivity index (χ1n) is 22.2. The second-order valence-corrected chi connectivity index (χ2v) is 15.8. The molecule has 20 nitrogen and oxygen atoms in total. The van der Waals surface area contributed by atoms with Crippen LogP contribution in [0.3, 0.4) is 0 Å². The third-order valence-corrected chi connectivity index (χ3v) is 9.95. The molecule has 0 saturated carbocycles. The summed E-state index contributed by atoms with van der Waals surface area (Å²) < 4.78 is 26.4. The van der Waals surface area contributed by atoms with Gasteiger partial charge in [0.25, 0.3) is 23.6 Å². The van der Waals surface area contributed by atoms with E-state index in [0.717, 1.165) is 41.8 Å². The van der Waals surface area contributed by atoms with Crippen LogP contribution in [0, 0.1) is 27.9 Å². The fraction of sp³-hybridized carbons (Fsp3) is 0.367. The molecule has 0 radical (unpaired) electrons. The van der Waals surface area contributed by atoms with E-state index >= 15 is 0 Å². The van der Waals surface area contributed by atoms with Crippen molar-refractivity contribution < 1.29 is 57.2 Å². The molecule has 23 heteroatoms. The number of pyridine rings is 4. The van der Waals surface area contributed by atoms with E-state index in [1.807, 2.05) is 58.0 Å². The number of hydrogen-bond donors (Lipinski definition) is 1. The fourth-order valence-corrected chi connectivity index (χ4v) is 5.94. The van der Waals surface area contributed by atoms with Crippen LogP contribution >= 0.6 is 45.8 Å². The van der Waals surface area contributed by atoms with E-state index in [4.69, 9.17) is 68.7 Å². The highest BCUT2D eigenvalue weighted by Crippen LogP contribution is 2.17. The molecule has 2 fully saturated rings. The first-order valence-corrected chi connectivity index (χ1v) is 24.2. The number of hydroxylamine groups is 4. The smallest absolute Gasteiger partial charge is 0.254 e. The summed E-state index contributed by atoms with van der Waals surface area (Å²) in [5.74, 6) is 13.0. The minimum atomic E-state index is -0.572. The molecule has 7 rings (SSSR count).